The van der Waals surface area contributed by atoms with Crippen molar-refractivity contribution in [3.05, 3.63) is 12.7 Å². The molecule has 0 unspecified atom stereocenters. The van der Waals surface area contributed by atoms with Crippen molar-refractivity contribution in [1.82, 2.24) is 0 Å². The molecule has 2 N–H and O–H groups in total. The first kappa shape index (κ1) is 9.22. The van der Waals surface area contributed by atoms with Crippen LogP contribution in [0.15, 0.2) is 12.7 Å². The van der Waals surface area contributed by atoms with Crippen molar-refractivity contribution < 1.29 is 19.7 Å². The molecular weight excluding hydrogens is 160 g/mol. The lowest BCUT2D eigenvalue weighted by atomic mass is 9.84. The molecule has 0 bridgehead atoms. The van der Waals surface area contributed by atoms with Crippen molar-refractivity contribution in [3.63, 3.8) is 0 Å². The smallest absolute Gasteiger partial charge is 0.318 e. The van der Waals surface area contributed by atoms with Crippen molar-refractivity contribution in [2.45, 2.75) is 19.1 Å². The molecule has 1 fully saturated rings. The van der Waals surface area contributed by atoms with E-state index >= 15 is 0 Å². The number of hydrogen-bond acceptors (Lipinski definition) is 4. The highest BCUT2D eigenvalue weighted by Gasteiger charge is 2.51. The van der Waals surface area contributed by atoms with Crippen LogP contribution in [-0.4, -0.2) is 35.0 Å². The van der Waals surface area contributed by atoms with Gasteiger partial charge in [-0.05, 0) is 6.92 Å². The second-order valence-corrected chi connectivity index (χ2v) is 3.06. The molecule has 0 aromatic heterocycles. The number of carbonyl (C=O) groups is 1. The molecular formula is C8H12O4. The zero-order chi connectivity index (χ0) is 9.35. The van der Waals surface area contributed by atoms with E-state index < -0.39 is 23.6 Å². The average molecular weight is 172 g/mol. The Kier molecular flexibility index (Phi) is 2.21. The summed E-state index contributed by atoms with van der Waals surface area (Å²) in [7, 11) is 0. The van der Waals surface area contributed by atoms with Crippen LogP contribution in [0.5, 0.6) is 0 Å². The molecule has 0 spiro atoms. The summed E-state index contributed by atoms with van der Waals surface area (Å²) >= 11 is 0. The van der Waals surface area contributed by atoms with E-state index in [0.29, 0.717) is 0 Å². The molecule has 1 rings (SSSR count). The third-order valence-electron chi connectivity index (χ3n) is 2.27. The highest BCUT2D eigenvalue weighted by Crippen LogP contribution is 2.34. The van der Waals surface area contributed by atoms with Gasteiger partial charge in [0.2, 0.25) is 0 Å². The molecule has 1 saturated heterocycles. The first-order valence-electron chi connectivity index (χ1n) is 3.70. The maximum Gasteiger partial charge on any atom is 0.318 e. The van der Waals surface area contributed by atoms with Gasteiger partial charge in [0, 0.05) is 0 Å². The first-order valence-corrected chi connectivity index (χ1v) is 3.70. The van der Waals surface area contributed by atoms with E-state index in [9.17, 15) is 9.90 Å². The standard InChI is InChI=1S/C8H12O4/c1-3-8(2)6(10)5(4-9)12-7(8)11/h3,5-6,9-10H,1,4H2,2H3/t5-,6-,8+/m1/s1. The van der Waals surface area contributed by atoms with E-state index in [1.165, 1.54) is 13.0 Å². The third-order valence-corrected chi connectivity index (χ3v) is 2.27. The van der Waals surface area contributed by atoms with Crippen molar-refractivity contribution >= 4 is 5.97 Å². The lowest BCUT2D eigenvalue weighted by Gasteiger charge is -2.19. The maximum absolute atomic E-state index is 11.1. The summed E-state index contributed by atoms with van der Waals surface area (Å²) in [4.78, 5) is 11.1. The van der Waals surface area contributed by atoms with E-state index in [0.717, 1.165) is 0 Å². The highest BCUT2D eigenvalue weighted by atomic mass is 16.6. The monoisotopic (exact) mass is 172 g/mol. The zero-order valence-electron chi connectivity index (χ0n) is 6.86. The largest absolute Gasteiger partial charge is 0.456 e. The van der Waals surface area contributed by atoms with Crippen molar-refractivity contribution in [2.24, 2.45) is 5.41 Å². The van der Waals surface area contributed by atoms with Crippen LogP contribution in [-0.2, 0) is 9.53 Å². The number of esters is 1. The van der Waals surface area contributed by atoms with Gasteiger partial charge in [0.15, 0.2) is 6.10 Å². The molecule has 1 aliphatic heterocycles. The zero-order valence-corrected chi connectivity index (χ0v) is 6.86. The number of cyclic esters (lactones) is 1. The lowest BCUT2D eigenvalue weighted by molar-refractivity contribution is -0.147. The number of aliphatic hydroxyl groups excluding tert-OH is 2. The SMILES string of the molecule is C=C[C@]1(C)C(=O)O[C@H](CO)[C@H]1O. The maximum atomic E-state index is 11.1. The minimum Gasteiger partial charge on any atom is -0.456 e. The van der Waals surface area contributed by atoms with Gasteiger partial charge in [0.25, 0.3) is 0 Å². The summed E-state index contributed by atoms with van der Waals surface area (Å²) in [6.45, 7) is 4.61. The first-order chi connectivity index (χ1) is 5.56. The Morgan fingerprint density at radius 2 is 2.42 bits per heavy atom. The Hall–Kier alpha value is -0.870. The van der Waals surface area contributed by atoms with Gasteiger partial charge in [0.05, 0.1) is 6.61 Å². The number of rotatable bonds is 2. The van der Waals surface area contributed by atoms with Crippen LogP contribution < -0.4 is 0 Å². The fourth-order valence-corrected chi connectivity index (χ4v) is 1.18. The molecule has 1 heterocycles. The summed E-state index contributed by atoms with van der Waals surface area (Å²) < 4.78 is 4.72. The number of hydrogen-bond donors (Lipinski definition) is 2. The molecule has 0 saturated carbocycles. The normalized spacial score (nSPS) is 41.1. The molecule has 4 heteroatoms. The Bertz CT molecular complexity index is 213. The van der Waals surface area contributed by atoms with Crippen molar-refractivity contribution in [1.29, 1.82) is 0 Å². The summed E-state index contributed by atoms with van der Waals surface area (Å²) in [6.07, 6.45) is -0.483. The predicted octanol–water partition coefficient (Wildman–Crippen LogP) is -0.543. The molecule has 0 aromatic carbocycles. The van der Waals surface area contributed by atoms with Crippen LogP contribution in [0.1, 0.15) is 6.92 Å². The molecule has 1 aliphatic rings. The quantitative estimate of drug-likeness (QED) is 0.433. The van der Waals surface area contributed by atoms with Crippen LogP contribution >= 0.6 is 0 Å². The topological polar surface area (TPSA) is 66.8 Å². The van der Waals surface area contributed by atoms with Gasteiger partial charge in [-0.2, -0.15) is 0 Å². The van der Waals surface area contributed by atoms with Gasteiger partial charge < -0.3 is 14.9 Å². The highest BCUT2D eigenvalue weighted by molar-refractivity contribution is 5.81. The van der Waals surface area contributed by atoms with Crippen LogP contribution in [0, 0.1) is 5.41 Å². The van der Waals surface area contributed by atoms with Crippen molar-refractivity contribution in [3.8, 4) is 0 Å². The second kappa shape index (κ2) is 2.88. The molecule has 0 radical (unpaired) electrons. The minimum atomic E-state index is -1.08. The average Bonchev–Trinajstić information content (AvgIpc) is 2.30. The summed E-state index contributed by atoms with van der Waals surface area (Å²) in [6, 6.07) is 0. The third kappa shape index (κ3) is 1.04. The fraction of sp³-hybridized carbons (Fsp3) is 0.625. The van der Waals surface area contributed by atoms with E-state index in [4.69, 9.17) is 9.84 Å². The van der Waals surface area contributed by atoms with Crippen LogP contribution in [0.3, 0.4) is 0 Å². The Morgan fingerprint density at radius 1 is 1.83 bits per heavy atom. The van der Waals surface area contributed by atoms with Crippen molar-refractivity contribution in [2.75, 3.05) is 6.61 Å². The van der Waals surface area contributed by atoms with E-state index in [1.54, 1.807) is 0 Å². The van der Waals surface area contributed by atoms with Crippen LogP contribution in [0.2, 0.25) is 0 Å². The molecule has 0 aromatic rings. The fourth-order valence-electron chi connectivity index (χ4n) is 1.18. The van der Waals surface area contributed by atoms with Crippen LogP contribution in [0.4, 0.5) is 0 Å². The number of carbonyl (C=O) groups excluding carboxylic acids is 1. The van der Waals surface area contributed by atoms with Gasteiger partial charge in [-0.25, -0.2) is 0 Å². The summed E-state index contributed by atoms with van der Waals surface area (Å²) in [5.74, 6) is -0.538. The Labute approximate surface area is 70.5 Å². The lowest BCUT2D eigenvalue weighted by Crippen LogP contribution is -2.36. The van der Waals surface area contributed by atoms with Gasteiger partial charge in [-0.3, -0.25) is 4.79 Å². The minimum absolute atomic E-state index is 0.365. The molecule has 68 valence electrons. The molecule has 3 atom stereocenters. The molecule has 4 nitrogen and oxygen atoms in total. The van der Waals surface area contributed by atoms with Gasteiger partial charge >= 0.3 is 5.97 Å². The predicted molar refractivity (Wildman–Crippen MR) is 41.3 cm³/mol. The molecule has 0 amide bonds. The van der Waals surface area contributed by atoms with Gasteiger partial charge in [-0.1, -0.05) is 6.08 Å². The van der Waals surface area contributed by atoms with E-state index in [2.05, 4.69) is 6.58 Å². The van der Waals surface area contributed by atoms with Gasteiger partial charge in [0.1, 0.15) is 11.5 Å². The Balaban J connectivity index is 2.91. The van der Waals surface area contributed by atoms with Crippen LogP contribution in [0.25, 0.3) is 0 Å². The number of aliphatic hydroxyl groups is 2. The van der Waals surface area contributed by atoms with E-state index in [1.807, 2.05) is 0 Å². The Morgan fingerprint density at radius 3 is 2.67 bits per heavy atom. The number of ether oxygens (including phenoxy) is 1. The molecule has 0 aliphatic carbocycles. The van der Waals surface area contributed by atoms with Gasteiger partial charge in [-0.15, -0.1) is 6.58 Å². The second-order valence-electron chi connectivity index (χ2n) is 3.06. The summed E-state index contributed by atoms with van der Waals surface area (Å²) in [5.41, 5.74) is -1.08. The summed E-state index contributed by atoms with van der Waals surface area (Å²) in [5, 5.41) is 18.2. The van der Waals surface area contributed by atoms with E-state index in [-0.39, 0.29) is 6.61 Å². The molecule has 12 heavy (non-hydrogen) atoms.